The summed E-state index contributed by atoms with van der Waals surface area (Å²) in [6.45, 7) is 15.7. The molecule has 0 fully saturated rings. The predicted octanol–water partition coefficient (Wildman–Crippen LogP) is 6.75. The number of amides is 3. The standard InChI is InChI=1S/C34H51N3O4/c1-9-11-12-16-23-37(29(30(38)36-33(3,4)5)27-21-19-25(10-2)20-22-27)31(39)28(24-26-17-14-13-15-18-26)35-32(40)41-34(6,7)8/h13-15,17-22,28-29H,9-12,16,23-24H2,1-8H3,(H,35,40)(H,36,38). The lowest BCUT2D eigenvalue weighted by Crippen LogP contribution is -2.55. The van der Waals surface area contributed by atoms with Gasteiger partial charge in [-0.1, -0.05) is 87.7 Å². The van der Waals surface area contributed by atoms with Crippen molar-refractivity contribution >= 4 is 17.9 Å². The van der Waals surface area contributed by atoms with E-state index in [1.807, 2.05) is 75.4 Å². The summed E-state index contributed by atoms with van der Waals surface area (Å²) in [6, 6.07) is 15.7. The van der Waals surface area contributed by atoms with Crippen LogP contribution >= 0.6 is 0 Å². The summed E-state index contributed by atoms with van der Waals surface area (Å²) < 4.78 is 5.53. The lowest BCUT2D eigenvalue weighted by atomic mass is 9.97. The SMILES string of the molecule is CCCCCCN(C(=O)C(Cc1ccccc1)NC(=O)OC(C)(C)C)C(C(=O)NC(C)(C)C)c1ccc(CC)cc1. The minimum atomic E-state index is -0.918. The summed E-state index contributed by atoms with van der Waals surface area (Å²) in [6.07, 6.45) is 4.25. The maximum absolute atomic E-state index is 14.5. The number of aryl methyl sites for hydroxylation is 1. The van der Waals surface area contributed by atoms with Crippen LogP contribution in [-0.4, -0.2) is 46.5 Å². The Labute approximate surface area is 247 Å². The largest absolute Gasteiger partial charge is 0.444 e. The van der Waals surface area contributed by atoms with Crippen LogP contribution in [0.2, 0.25) is 0 Å². The highest BCUT2D eigenvalue weighted by Crippen LogP contribution is 2.26. The van der Waals surface area contributed by atoms with Gasteiger partial charge >= 0.3 is 6.09 Å². The van der Waals surface area contributed by atoms with E-state index in [1.54, 1.807) is 25.7 Å². The van der Waals surface area contributed by atoms with Gasteiger partial charge in [-0.3, -0.25) is 9.59 Å². The van der Waals surface area contributed by atoms with E-state index in [-0.39, 0.29) is 18.2 Å². The Balaban J connectivity index is 2.57. The molecule has 226 valence electrons. The molecule has 0 bridgehead atoms. The molecule has 0 spiro atoms. The van der Waals surface area contributed by atoms with Crippen molar-refractivity contribution in [2.75, 3.05) is 6.54 Å². The van der Waals surface area contributed by atoms with Crippen LogP contribution in [0.1, 0.15) is 104 Å². The highest BCUT2D eigenvalue weighted by molar-refractivity contribution is 5.92. The number of ether oxygens (including phenoxy) is 1. The Bertz CT molecular complexity index is 1100. The van der Waals surface area contributed by atoms with Gasteiger partial charge in [0.15, 0.2) is 0 Å². The van der Waals surface area contributed by atoms with Gasteiger partial charge < -0.3 is 20.3 Å². The monoisotopic (exact) mass is 565 g/mol. The molecule has 41 heavy (non-hydrogen) atoms. The molecule has 0 aliphatic carbocycles. The van der Waals surface area contributed by atoms with E-state index in [9.17, 15) is 14.4 Å². The van der Waals surface area contributed by atoms with Crippen molar-refractivity contribution in [3.8, 4) is 0 Å². The number of nitrogens with zero attached hydrogens (tertiary/aromatic N) is 1. The smallest absolute Gasteiger partial charge is 0.408 e. The first-order valence-electron chi connectivity index (χ1n) is 15.0. The van der Waals surface area contributed by atoms with Crippen molar-refractivity contribution in [2.24, 2.45) is 0 Å². The average molecular weight is 566 g/mol. The first-order valence-corrected chi connectivity index (χ1v) is 15.0. The van der Waals surface area contributed by atoms with Crippen molar-refractivity contribution < 1.29 is 19.1 Å². The minimum Gasteiger partial charge on any atom is -0.444 e. The fraction of sp³-hybridized carbons (Fsp3) is 0.559. The van der Waals surface area contributed by atoms with Crippen molar-refractivity contribution in [1.82, 2.24) is 15.5 Å². The fourth-order valence-electron chi connectivity index (χ4n) is 4.62. The lowest BCUT2D eigenvalue weighted by Gasteiger charge is -2.36. The first-order chi connectivity index (χ1) is 19.2. The molecule has 2 unspecified atom stereocenters. The highest BCUT2D eigenvalue weighted by Gasteiger charge is 2.37. The molecule has 2 aromatic rings. The van der Waals surface area contributed by atoms with E-state index in [0.717, 1.165) is 48.8 Å². The van der Waals surface area contributed by atoms with Crippen LogP contribution in [0.3, 0.4) is 0 Å². The molecule has 0 heterocycles. The molecular weight excluding hydrogens is 514 g/mol. The molecule has 0 saturated heterocycles. The Morgan fingerprint density at radius 3 is 2.00 bits per heavy atom. The third-order valence-electron chi connectivity index (χ3n) is 6.57. The van der Waals surface area contributed by atoms with Gasteiger partial charge in [-0.25, -0.2) is 4.79 Å². The van der Waals surface area contributed by atoms with Crippen molar-refractivity contribution in [2.45, 2.75) is 117 Å². The molecule has 0 radical (unpaired) electrons. The zero-order valence-electron chi connectivity index (χ0n) is 26.4. The van der Waals surface area contributed by atoms with Crippen LogP contribution in [0.25, 0.3) is 0 Å². The van der Waals surface area contributed by atoms with Gasteiger partial charge in [0.05, 0.1) is 0 Å². The van der Waals surface area contributed by atoms with Crippen LogP contribution in [0.5, 0.6) is 0 Å². The van der Waals surface area contributed by atoms with Gasteiger partial charge in [0.25, 0.3) is 0 Å². The number of hydrogen-bond donors (Lipinski definition) is 2. The number of benzene rings is 2. The van der Waals surface area contributed by atoms with Crippen LogP contribution in [0.4, 0.5) is 4.79 Å². The van der Waals surface area contributed by atoms with Gasteiger partial charge in [0, 0.05) is 18.5 Å². The summed E-state index contributed by atoms with van der Waals surface area (Å²) in [5.41, 5.74) is 1.58. The van der Waals surface area contributed by atoms with Crippen molar-refractivity contribution in [3.63, 3.8) is 0 Å². The summed E-state index contributed by atoms with van der Waals surface area (Å²) >= 11 is 0. The first kappa shape index (κ1) is 33.9. The second-order valence-corrected chi connectivity index (χ2v) is 12.7. The Morgan fingerprint density at radius 1 is 0.829 bits per heavy atom. The normalized spacial score (nSPS) is 13.2. The van der Waals surface area contributed by atoms with E-state index in [0.29, 0.717) is 6.54 Å². The van der Waals surface area contributed by atoms with Gasteiger partial charge in [-0.05, 0) is 71.1 Å². The van der Waals surface area contributed by atoms with E-state index < -0.39 is 29.3 Å². The van der Waals surface area contributed by atoms with E-state index in [4.69, 9.17) is 4.74 Å². The van der Waals surface area contributed by atoms with E-state index in [1.165, 1.54) is 0 Å². The number of carbonyl (C=O) groups excluding carboxylic acids is 3. The molecular formula is C34H51N3O4. The molecule has 0 aliphatic heterocycles. The maximum Gasteiger partial charge on any atom is 0.408 e. The Morgan fingerprint density at radius 2 is 1.46 bits per heavy atom. The minimum absolute atomic E-state index is 0.249. The van der Waals surface area contributed by atoms with Crippen molar-refractivity contribution in [1.29, 1.82) is 0 Å². The third kappa shape index (κ3) is 12.0. The topological polar surface area (TPSA) is 87.7 Å². The lowest BCUT2D eigenvalue weighted by molar-refractivity contribution is -0.143. The van der Waals surface area contributed by atoms with E-state index >= 15 is 0 Å². The second kappa shape index (κ2) is 15.6. The molecule has 2 rings (SSSR count). The average Bonchev–Trinajstić information content (AvgIpc) is 2.88. The fourth-order valence-corrected chi connectivity index (χ4v) is 4.62. The van der Waals surface area contributed by atoms with Gasteiger partial charge in [-0.15, -0.1) is 0 Å². The molecule has 2 aromatic carbocycles. The van der Waals surface area contributed by atoms with Gasteiger partial charge in [0.2, 0.25) is 11.8 Å². The second-order valence-electron chi connectivity index (χ2n) is 12.7. The third-order valence-corrected chi connectivity index (χ3v) is 6.57. The van der Waals surface area contributed by atoms with Crippen LogP contribution in [0.15, 0.2) is 54.6 Å². The summed E-state index contributed by atoms with van der Waals surface area (Å²) in [5.74, 6) is -0.564. The zero-order valence-corrected chi connectivity index (χ0v) is 26.4. The molecule has 0 aromatic heterocycles. The van der Waals surface area contributed by atoms with Crippen LogP contribution in [0, 0.1) is 0 Å². The van der Waals surface area contributed by atoms with Gasteiger partial charge in [0.1, 0.15) is 17.7 Å². The van der Waals surface area contributed by atoms with Gasteiger partial charge in [-0.2, -0.15) is 0 Å². The number of hydrogen-bond acceptors (Lipinski definition) is 4. The molecule has 0 saturated carbocycles. The number of carbonyl (C=O) groups is 3. The maximum atomic E-state index is 14.5. The molecule has 7 heteroatoms. The summed E-state index contributed by atoms with van der Waals surface area (Å²) in [5, 5.41) is 5.93. The molecule has 3 amide bonds. The number of alkyl carbamates (subject to hydrolysis) is 1. The van der Waals surface area contributed by atoms with Crippen LogP contribution in [-0.2, 0) is 27.2 Å². The zero-order chi connectivity index (χ0) is 30.6. The molecule has 2 N–H and O–H groups in total. The highest BCUT2D eigenvalue weighted by atomic mass is 16.6. The van der Waals surface area contributed by atoms with Crippen molar-refractivity contribution in [3.05, 3.63) is 71.3 Å². The quantitative estimate of drug-likeness (QED) is 0.263. The number of rotatable bonds is 13. The molecule has 0 aliphatic rings. The van der Waals surface area contributed by atoms with Crippen LogP contribution < -0.4 is 10.6 Å². The Kier molecular flexibility index (Phi) is 12.9. The van der Waals surface area contributed by atoms with E-state index in [2.05, 4.69) is 24.5 Å². The Hall–Kier alpha value is -3.35. The number of nitrogens with one attached hydrogen (secondary N) is 2. The predicted molar refractivity (Wildman–Crippen MR) is 166 cm³/mol. The summed E-state index contributed by atoms with van der Waals surface area (Å²) in [7, 11) is 0. The molecule has 7 nitrogen and oxygen atoms in total. The molecule has 2 atom stereocenters. The number of unbranched alkanes of at least 4 members (excludes halogenated alkanes) is 3. The summed E-state index contributed by atoms with van der Waals surface area (Å²) in [4.78, 5) is 43.0.